The molecule has 0 spiro atoms. The molecule has 14 aromatic rings. The summed E-state index contributed by atoms with van der Waals surface area (Å²) in [5.41, 5.74) is 10.1. The number of rotatable bonds is 2. The number of fused-ring (bicyclic) bond motifs is 16. The standard InChI is InChI=1S/C60H32O3/c1-3-14-35-30-52-49(26-33(35)12-1)57-39-18-7-5-16-37(39)28-47(59(57)62-52)42-24-25-45-55-44(42)22-11-23-51(55)61-54-32-46(41-20-9-10-21-43(41)56(45)54)48-29-38-17-6-8-19-40(38)58-50-27-34-13-2-4-15-36(34)31-53(50)63-60(48)58/h1-32H. The SMILES string of the molecule is c1ccc2cc3c(cc2c1)oc1c(-c2cc4c(c5ccccc25)-c2ccc(-c5cc6ccccc6c6c5oc5cc7ccccc7cc56)c5cccc(c25)O4)cc2ccccc2c13. The van der Waals surface area contributed by atoms with Gasteiger partial charge in [-0.3, -0.25) is 0 Å². The lowest BCUT2D eigenvalue weighted by molar-refractivity contribution is 0.488. The first-order valence-corrected chi connectivity index (χ1v) is 21.6. The molecule has 1 aliphatic rings. The van der Waals surface area contributed by atoms with Crippen molar-refractivity contribution in [3.63, 3.8) is 0 Å². The molecule has 0 radical (unpaired) electrons. The second-order valence-corrected chi connectivity index (χ2v) is 17.1. The molecule has 0 saturated heterocycles. The first-order valence-electron chi connectivity index (χ1n) is 21.6. The van der Waals surface area contributed by atoms with E-state index >= 15 is 0 Å². The smallest absolute Gasteiger partial charge is 0.143 e. The third-order valence-corrected chi connectivity index (χ3v) is 13.7. The number of hydrogen-bond acceptors (Lipinski definition) is 3. The van der Waals surface area contributed by atoms with E-state index in [1.165, 1.54) is 37.7 Å². The summed E-state index contributed by atoms with van der Waals surface area (Å²) in [6, 6.07) is 69.9. The van der Waals surface area contributed by atoms with E-state index in [1.54, 1.807) is 0 Å². The quantitative estimate of drug-likeness (QED) is 0.175. The molecule has 3 heterocycles. The molecule has 0 N–H and O–H groups in total. The van der Waals surface area contributed by atoms with Gasteiger partial charge in [0.05, 0.1) is 0 Å². The van der Waals surface area contributed by atoms with E-state index in [0.29, 0.717) is 0 Å². The Bertz CT molecular complexity index is 4350. The van der Waals surface area contributed by atoms with Crippen molar-refractivity contribution in [1.29, 1.82) is 0 Å². The average Bonchev–Trinajstić information content (AvgIpc) is 3.90. The van der Waals surface area contributed by atoms with Gasteiger partial charge in [-0.1, -0.05) is 146 Å². The zero-order valence-electron chi connectivity index (χ0n) is 33.7. The van der Waals surface area contributed by atoms with Gasteiger partial charge in [0.15, 0.2) is 0 Å². The predicted octanol–water partition coefficient (Wildman–Crippen LogP) is 17.5. The van der Waals surface area contributed by atoms with Crippen molar-refractivity contribution >= 4 is 109 Å². The molecule has 0 amide bonds. The van der Waals surface area contributed by atoms with Crippen molar-refractivity contribution < 1.29 is 13.6 Å². The van der Waals surface area contributed by atoms with Crippen LogP contribution in [0.2, 0.25) is 0 Å². The van der Waals surface area contributed by atoms with Crippen LogP contribution in [0.15, 0.2) is 203 Å². The molecule has 0 unspecified atom stereocenters. The van der Waals surface area contributed by atoms with Crippen LogP contribution in [0.1, 0.15) is 0 Å². The van der Waals surface area contributed by atoms with Crippen LogP contribution in [0.25, 0.3) is 142 Å². The van der Waals surface area contributed by atoms with Crippen molar-refractivity contribution in [2.45, 2.75) is 0 Å². The van der Waals surface area contributed by atoms with E-state index in [0.717, 1.165) is 116 Å². The van der Waals surface area contributed by atoms with E-state index in [2.05, 4.69) is 194 Å². The van der Waals surface area contributed by atoms with Crippen LogP contribution in [0.5, 0.6) is 11.5 Å². The van der Waals surface area contributed by atoms with Gasteiger partial charge >= 0.3 is 0 Å². The summed E-state index contributed by atoms with van der Waals surface area (Å²) in [5, 5.41) is 18.5. The molecule has 0 fully saturated rings. The lowest BCUT2D eigenvalue weighted by atomic mass is 9.85. The van der Waals surface area contributed by atoms with Gasteiger partial charge in [0.25, 0.3) is 0 Å². The summed E-state index contributed by atoms with van der Waals surface area (Å²) in [4.78, 5) is 0. The minimum absolute atomic E-state index is 0.831. The fourth-order valence-electron chi connectivity index (χ4n) is 11.0. The third kappa shape index (κ3) is 4.52. The van der Waals surface area contributed by atoms with Crippen LogP contribution < -0.4 is 4.74 Å². The number of hydrogen-bond donors (Lipinski definition) is 0. The zero-order chi connectivity index (χ0) is 40.9. The van der Waals surface area contributed by atoms with E-state index < -0.39 is 0 Å². The molecule has 15 rings (SSSR count). The molecule has 0 atom stereocenters. The van der Waals surface area contributed by atoms with E-state index in [-0.39, 0.29) is 0 Å². The van der Waals surface area contributed by atoms with Crippen LogP contribution in [0, 0.1) is 0 Å². The summed E-state index contributed by atoms with van der Waals surface area (Å²) in [6.45, 7) is 0. The Kier molecular flexibility index (Phi) is 6.41. The first-order chi connectivity index (χ1) is 31.2. The molecule has 290 valence electrons. The topological polar surface area (TPSA) is 35.5 Å². The van der Waals surface area contributed by atoms with Crippen LogP contribution >= 0.6 is 0 Å². The Morgan fingerprint density at radius 1 is 0.254 bits per heavy atom. The maximum atomic E-state index is 7.12. The van der Waals surface area contributed by atoms with Crippen molar-refractivity contribution in [1.82, 2.24) is 0 Å². The molecule has 63 heavy (non-hydrogen) atoms. The van der Waals surface area contributed by atoms with Gasteiger partial charge in [0.2, 0.25) is 0 Å². The maximum absolute atomic E-state index is 7.12. The highest BCUT2D eigenvalue weighted by molar-refractivity contribution is 6.28. The fourth-order valence-corrected chi connectivity index (χ4v) is 11.0. The summed E-state index contributed by atoms with van der Waals surface area (Å²) >= 11 is 0. The second-order valence-electron chi connectivity index (χ2n) is 17.1. The van der Waals surface area contributed by atoms with Gasteiger partial charge in [-0.25, -0.2) is 0 Å². The normalized spacial score (nSPS) is 12.6. The van der Waals surface area contributed by atoms with Crippen molar-refractivity contribution in [3.05, 3.63) is 194 Å². The molecular weight excluding hydrogens is 769 g/mol. The molecule has 0 saturated carbocycles. The monoisotopic (exact) mass is 800 g/mol. The summed E-state index contributed by atoms with van der Waals surface area (Å²) in [5.74, 6) is 1.67. The van der Waals surface area contributed by atoms with Gasteiger partial charge in [0, 0.05) is 43.6 Å². The lowest BCUT2D eigenvalue weighted by Crippen LogP contribution is -2.00. The van der Waals surface area contributed by atoms with Crippen LogP contribution in [-0.2, 0) is 0 Å². The highest BCUT2D eigenvalue weighted by atomic mass is 16.5. The molecular formula is C60H32O3. The Morgan fingerprint density at radius 3 is 1.33 bits per heavy atom. The van der Waals surface area contributed by atoms with Crippen molar-refractivity contribution in [2.24, 2.45) is 0 Å². The minimum atomic E-state index is 0.831. The van der Waals surface area contributed by atoms with Crippen LogP contribution in [-0.4, -0.2) is 0 Å². The van der Waals surface area contributed by atoms with Gasteiger partial charge in [-0.05, 0) is 124 Å². The largest absolute Gasteiger partial charge is 0.456 e. The highest BCUT2D eigenvalue weighted by Gasteiger charge is 2.28. The molecule has 3 nitrogen and oxygen atoms in total. The van der Waals surface area contributed by atoms with Gasteiger partial charge < -0.3 is 13.6 Å². The molecule has 0 aliphatic carbocycles. The van der Waals surface area contributed by atoms with E-state index in [9.17, 15) is 0 Å². The van der Waals surface area contributed by atoms with Crippen LogP contribution in [0.3, 0.4) is 0 Å². The molecule has 0 bridgehead atoms. The van der Waals surface area contributed by atoms with Crippen LogP contribution in [0.4, 0.5) is 0 Å². The minimum Gasteiger partial charge on any atom is -0.456 e. The van der Waals surface area contributed by atoms with E-state index in [1.807, 2.05) is 0 Å². The molecule has 3 heteroatoms. The second kappa shape index (κ2) is 12.1. The molecule has 2 aromatic heterocycles. The van der Waals surface area contributed by atoms with Gasteiger partial charge in [-0.2, -0.15) is 0 Å². The summed E-state index contributed by atoms with van der Waals surface area (Å²) < 4.78 is 21.0. The Hall–Kier alpha value is -8.40. The third-order valence-electron chi connectivity index (χ3n) is 13.7. The van der Waals surface area contributed by atoms with E-state index in [4.69, 9.17) is 13.6 Å². The zero-order valence-corrected chi connectivity index (χ0v) is 33.7. The molecule has 12 aromatic carbocycles. The maximum Gasteiger partial charge on any atom is 0.143 e. The van der Waals surface area contributed by atoms with Crippen molar-refractivity contribution in [3.8, 4) is 44.9 Å². The number of furan rings is 2. The van der Waals surface area contributed by atoms with Gasteiger partial charge in [0.1, 0.15) is 33.8 Å². The van der Waals surface area contributed by atoms with Gasteiger partial charge in [-0.15, -0.1) is 0 Å². The van der Waals surface area contributed by atoms with Crippen molar-refractivity contribution in [2.75, 3.05) is 0 Å². The summed E-state index contributed by atoms with van der Waals surface area (Å²) in [6.07, 6.45) is 0. The average molecular weight is 801 g/mol. The number of ether oxygens (including phenoxy) is 1. The number of benzene rings is 12. The highest BCUT2D eigenvalue weighted by Crippen LogP contribution is 2.55. The Morgan fingerprint density at radius 2 is 0.730 bits per heavy atom. The Balaban J connectivity index is 0.985. The molecule has 1 aliphatic heterocycles. The Labute approximate surface area is 359 Å². The first kappa shape index (κ1) is 33.3. The predicted molar refractivity (Wildman–Crippen MR) is 262 cm³/mol. The fraction of sp³-hybridized carbons (Fsp3) is 0. The summed E-state index contributed by atoms with van der Waals surface area (Å²) in [7, 11) is 0. The lowest BCUT2D eigenvalue weighted by Gasteiger charge is -2.25.